The lowest BCUT2D eigenvalue weighted by Gasteiger charge is -2.07. The van der Waals surface area contributed by atoms with Gasteiger partial charge in [0.05, 0.1) is 5.56 Å². The summed E-state index contributed by atoms with van der Waals surface area (Å²) in [5.74, 6) is 0. The molecule has 1 unspecified atom stereocenters. The third kappa shape index (κ3) is 1.02. The Balaban J connectivity index is 2.86. The van der Waals surface area contributed by atoms with E-state index < -0.39 is 6.40 Å². The van der Waals surface area contributed by atoms with Gasteiger partial charge in [-0.2, -0.15) is 0 Å². The van der Waals surface area contributed by atoms with Crippen LogP contribution in [0.5, 0.6) is 0 Å². The smallest absolute Gasteiger partial charge is 0.260 e. The van der Waals surface area contributed by atoms with Gasteiger partial charge in [0.25, 0.3) is 5.56 Å². The Kier molecular flexibility index (Phi) is 1.54. The molecule has 1 aliphatic carbocycles. The minimum absolute atomic E-state index is 0.100. The molecule has 1 heterocycles. The van der Waals surface area contributed by atoms with Gasteiger partial charge < -0.3 is 10.3 Å². The van der Waals surface area contributed by atoms with E-state index in [-0.39, 0.29) is 5.56 Å². The maximum absolute atomic E-state index is 11.9. The summed E-state index contributed by atoms with van der Waals surface area (Å²) in [6.45, 7) is 3.67. The first-order valence-electron chi connectivity index (χ1n) is 5.12. The summed E-state index contributed by atoms with van der Waals surface area (Å²) in [6, 6.07) is 1.87. The van der Waals surface area contributed by atoms with E-state index in [4.69, 9.17) is 7.10 Å². The Morgan fingerprint density at radius 3 is 2.86 bits per heavy atom. The van der Waals surface area contributed by atoms with E-state index in [0.29, 0.717) is 11.3 Å². The van der Waals surface area contributed by atoms with E-state index in [1.807, 2.05) is 19.9 Å². The quantitative estimate of drug-likeness (QED) is 0.663. The first-order valence-corrected chi connectivity index (χ1v) is 4.54. The minimum atomic E-state index is -0.479. The first-order chi connectivity index (χ1) is 6.95. The molecule has 0 bridgehead atoms. The van der Waals surface area contributed by atoms with Crippen LogP contribution in [-0.2, 0) is 13.4 Å². The van der Waals surface area contributed by atoms with Crippen molar-refractivity contribution in [2.24, 2.45) is 12.8 Å². The fourth-order valence-electron chi connectivity index (χ4n) is 1.74. The van der Waals surface area contributed by atoms with Crippen LogP contribution in [0.3, 0.4) is 0 Å². The Labute approximate surface area is 84.3 Å². The number of rotatable bonds is 0. The first kappa shape index (κ1) is 7.85. The number of pyridine rings is 1. The average molecular weight is 191 g/mol. The summed E-state index contributed by atoms with van der Waals surface area (Å²) in [5.41, 5.74) is 9.11. The molecule has 0 radical (unpaired) electrons. The summed E-state index contributed by atoms with van der Waals surface area (Å²) in [6.07, 6.45) is -0.479. The third-order valence-electron chi connectivity index (χ3n) is 2.77. The summed E-state index contributed by atoms with van der Waals surface area (Å²) >= 11 is 0. The van der Waals surface area contributed by atoms with Crippen LogP contribution < -0.4 is 11.3 Å². The molecular formula is C11H14N2O. The standard InChI is InChI=1S/C11H14N2O/c1-6-4-8-5-7(2)13(3)11(14)9(8)10(6)12/h5H,4,12H2,1-3H3/i4D. The molecule has 0 fully saturated rings. The van der Waals surface area contributed by atoms with Gasteiger partial charge >= 0.3 is 0 Å². The predicted molar refractivity (Wildman–Crippen MR) is 56.9 cm³/mol. The second-order valence-corrected chi connectivity index (χ2v) is 3.72. The van der Waals surface area contributed by atoms with Gasteiger partial charge in [-0.05, 0) is 37.4 Å². The van der Waals surface area contributed by atoms with Crippen LogP contribution in [0.2, 0.25) is 0 Å². The molecule has 0 aromatic carbocycles. The number of nitrogens with two attached hydrogens (primary N) is 1. The van der Waals surface area contributed by atoms with Crippen LogP contribution in [0.1, 0.15) is 25.1 Å². The van der Waals surface area contributed by atoms with E-state index in [9.17, 15) is 4.79 Å². The van der Waals surface area contributed by atoms with E-state index in [1.54, 1.807) is 11.6 Å². The second-order valence-electron chi connectivity index (χ2n) is 3.72. The molecule has 1 aromatic rings. The van der Waals surface area contributed by atoms with Gasteiger partial charge in [0, 0.05) is 19.8 Å². The molecule has 0 aliphatic heterocycles. The molecule has 2 rings (SSSR count). The largest absolute Gasteiger partial charge is 0.398 e. The highest BCUT2D eigenvalue weighted by molar-refractivity contribution is 5.73. The van der Waals surface area contributed by atoms with Crippen LogP contribution in [-0.4, -0.2) is 4.57 Å². The molecule has 0 saturated heterocycles. The number of nitrogens with zero attached hydrogens (tertiary/aromatic N) is 1. The highest BCUT2D eigenvalue weighted by Gasteiger charge is 2.21. The molecule has 14 heavy (non-hydrogen) atoms. The van der Waals surface area contributed by atoms with Gasteiger partial charge in [0.15, 0.2) is 0 Å². The molecule has 0 amide bonds. The van der Waals surface area contributed by atoms with Crippen molar-refractivity contribution in [2.75, 3.05) is 0 Å². The highest BCUT2D eigenvalue weighted by atomic mass is 16.1. The monoisotopic (exact) mass is 191 g/mol. The van der Waals surface area contributed by atoms with Crippen LogP contribution in [0.25, 0.3) is 5.70 Å². The molecule has 3 nitrogen and oxygen atoms in total. The van der Waals surface area contributed by atoms with Crippen molar-refractivity contribution in [3.05, 3.63) is 38.8 Å². The van der Waals surface area contributed by atoms with Crippen LogP contribution in [0.15, 0.2) is 16.4 Å². The topological polar surface area (TPSA) is 48.0 Å². The lowest BCUT2D eigenvalue weighted by atomic mass is 10.1. The predicted octanol–water partition coefficient (Wildman–Crippen LogP) is 0.940. The Morgan fingerprint density at radius 2 is 2.21 bits per heavy atom. The molecule has 0 saturated carbocycles. The average Bonchev–Trinajstić information content (AvgIpc) is 2.40. The van der Waals surface area contributed by atoms with E-state index >= 15 is 0 Å². The molecule has 1 aliphatic rings. The van der Waals surface area contributed by atoms with Crippen molar-refractivity contribution in [1.29, 1.82) is 0 Å². The molecular weight excluding hydrogens is 176 g/mol. The van der Waals surface area contributed by atoms with Crippen molar-refractivity contribution in [2.45, 2.75) is 20.2 Å². The van der Waals surface area contributed by atoms with E-state index in [1.165, 1.54) is 0 Å². The third-order valence-corrected chi connectivity index (χ3v) is 2.77. The number of aryl methyl sites for hydroxylation is 1. The maximum Gasteiger partial charge on any atom is 0.260 e. The van der Waals surface area contributed by atoms with Crippen LogP contribution in [0, 0.1) is 6.92 Å². The summed E-state index contributed by atoms with van der Waals surface area (Å²) in [4.78, 5) is 11.9. The number of fused-ring (bicyclic) bond motifs is 1. The molecule has 2 N–H and O–H groups in total. The second kappa shape index (κ2) is 2.74. The van der Waals surface area contributed by atoms with Crippen molar-refractivity contribution in [3.8, 4) is 0 Å². The molecule has 3 heteroatoms. The number of hydrogen-bond donors (Lipinski definition) is 1. The molecule has 1 atom stereocenters. The summed E-state index contributed by atoms with van der Waals surface area (Å²) in [7, 11) is 1.72. The zero-order chi connectivity index (χ0) is 11.3. The maximum atomic E-state index is 11.9. The Bertz CT molecular complexity index is 528. The minimum Gasteiger partial charge on any atom is -0.398 e. The highest BCUT2D eigenvalue weighted by Crippen LogP contribution is 2.26. The van der Waals surface area contributed by atoms with Gasteiger partial charge in [-0.25, -0.2) is 0 Å². The fourth-order valence-corrected chi connectivity index (χ4v) is 1.74. The lowest BCUT2D eigenvalue weighted by Crippen LogP contribution is -2.24. The molecule has 1 aromatic heterocycles. The van der Waals surface area contributed by atoms with Gasteiger partial charge in [0.2, 0.25) is 0 Å². The van der Waals surface area contributed by atoms with E-state index in [2.05, 4.69) is 0 Å². The van der Waals surface area contributed by atoms with Gasteiger partial charge in [-0.15, -0.1) is 0 Å². The zero-order valence-electron chi connectivity index (χ0n) is 9.59. The van der Waals surface area contributed by atoms with Gasteiger partial charge in [-0.1, -0.05) is 0 Å². The fraction of sp³-hybridized carbons (Fsp3) is 0.364. The van der Waals surface area contributed by atoms with Crippen molar-refractivity contribution in [1.82, 2.24) is 4.57 Å². The summed E-state index contributed by atoms with van der Waals surface area (Å²) in [5, 5.41) is 0. The van der Waals surface area contributed by atoms with Gasteiger partial charge in [-0.3, -0.25) is 4.79 Å². The van der Waals surface area contributed by atoms with Gasteiger partial charge in [0.1, 0.15) is 0 Å². The van der Waals surface area contributed by atoms with Crippen molar-refractivity contribution in [3.63, 3.8) is 0 Å². The van der Waals surface area contributed by atoms with E-state index in [0.717, 1.165) is 16.8 Å². The van der Waals surface area contributed by atoms with Crippen LogP contribution >= 0.6 is 0 Å². The number of allylic oxidation sites excluding steroid dienone is 1. The van der Waals surface area contributed by atoms with Crippen molar-refractivity contribution >= 4 is 5.70 Å². The zero-order valence-corrected chi connectivity index (χ0v) is 8.59. The Hall–Kier alpha value is -1.51. The van der Waals surface area contributed by atoms with Crippen molar-refractivity contribution < 1.29 is 1.37 Å². The normalized spacial score (nSPS) is 21.1. The number of aromatic nitrogens is 1. The number of hydrogen-bond acceptors (Lipinski definition) is 2. The summed E-state index contributed by atoms with van der Waals surface area (Å²) < 4.78 is 9.49. The Morgan fingerprint density at radius 1 is 1.57 bits per heavy atom. The molecule has 0 spiro atoms. The lowest BCUT2D eigenvalue weighted by molar-refractivity contribution is 0.809. The van der Waals surface area contributed by atoms with Crippen LogP contribution in [0.4, 0.5) is 0 Å². The molecule has 74 valence electrons. The SMILES string of the molecule is [2H]C1C(C)=C(N)c2c1cc(C)n(C)c2=O.